The van der Waals surface area contributed by atoms with E-state index in [1.807, 2.05) is 5.32 Å². The summed E-state index contributed by atoms with van der Waals surface area (Å²) in [6, 6.07) is 0. The molecular formula is C7H17NO7P2. The highest BCUT2D eigenvalue weighted by Crippen LogP contribution is 2.48. The van der Waals surface area contributed by atoms with Crippen molar-refractivity contribution in [2.24, 2.45) is 5.41 Å². The number of hydrogen-bond acceptors (Lipinski definition) is 3. The van der Waals surface area contributed by atoms with Crippen LogP contribution in [0.25, 0.3) is 0 Å². The third kappa shape index (κ3) is 6.93. The highest BCUT2D eigenvalue weighted by Gasteiger charge is 2.40. The Balaban J connectivity index is 4.87. The van der Waals surface area contributed by atoms with Gasteiger partial charge in [-0.2, -0.15) is 0 Å². The van der Waals surface area contributed by atoms with Gasteiger partial charge in [-0.3, -0.25) is 13.9 Å². The molecule has 0 heterocycles. The van der Waals surface area contributed by atoms with Crippen molar-refractivity contribution in [1.82, 2.24) is 5.32 Å². The van der Waals surface area contributed by atoms with Crippen LogP contribution in [-0.4, -0.2) is 37.4 Å². The van der Waals surface area contributed by atoms with Crippen LogP contribution in [0.3, 0.4) is 0 Å². The Morgan fingerprint density at radius 2 is 1.59 bits per heavy atom. The van der Waals surface area contributed by atoms with Crippen LogP contribution in [0.15, 0.2) is 0 Å². The van der Waals surface area contributed by atoms with Gasteiger partial charge in [0.25, 0.3) is 0 Å². The van der Waals surface area contributed by atoms with Crippen LogP contribution < -0.4 is 5.32 Å². The molecule has 0 aromatic heterocycles. The van der Waals surface area contributed by atoms with E-state index in [9.17, 15) is 13.9 Å². The van der Waals surface area contributed by atoms with Gasteiger partial charge in [0.05, 0.1) is 0 Å². The fourth-order valence-corrected chi connectivity index (χ4v) is 2.98. The van der Waals surface area contributed by atoms with Gasteiger partial charge in [-0.25, -0.2) is 0 Å². The van der Waals surface area contributed by atoms with Crippen molar-refractivity contribution in [3.63, 3.8) is 0 Å². The van der Waals surface area contributed by atoms with Gasteiger partial charge >= 0.3 is 15.2 Å². The number of carbonyl (C=O) groups excluding carboxylic acids is 1. The number of nitrogens with one attached hydrogen (secondary N) is 1. The fraction of sp³-hybridized carbons (Fsp3) is 0.857. The molecule has 0 fully saturated rings. The average Bonchev–Trinajstić information content (AvgIpc) is 1.91. The molecule has 102 valence electrons. The third-order valence-electron chi connectivity index (χ3n) is 1.80. The van der Waals surface area contributed by atoms with E-state index in [1.54, 1.807) is 0 Å². The molecule has 0 saturated carbocycles. The van der Waals surface area contributed by atoms with E-state index in [1.165, 1.54) is 20.8 Å². The number of rotatable bonds is 4. The Morgan fingerprint density at radius 3 is 1.82 bits per heavy atom. The second kappa shape index (κ2) is 5.18. The minimum Gasteiger partial charge on any atom is -0.341 e. The monoisotopic (exact) mass is 289 g/mol. The molecule has 0 saturated heterocycles. The minimum atomic E-state index is -4.60. The van der Waals surface area contributed by atoms with E-state index >= 15 is 0 Å². The minimum absolute atomic E-state index is 0.941. The van der Waals surface area contributed by atoms with Crippen LogP contribution in [0.4, 0.5) is 0 Å². The summed E-state index contributed by atoms with van der Waals surface area (Å²) in [5.74, 6) is -2.59. The van der Waals surface area contributed by atoms with Crippen LogP contribution >= 0.6 is 15.2 Å². The van der Waals surface area contributed by atoms with E-state index in [-0.39, 0.29) is 0 Å². The molecule has 0 aromatic rings. The molecule has 0 bridgehead atoms. The van der Waals surface area contributed by atoms with Gasteiger partial charge in [-0.1, -0.05) is 20.8 Å². The van der Waals surface area contributed by atoms with Gasteiger partial charge < -0.3 is 24.9 Å². The van der Waals surface area contributed by atoms with E-state index in [0.29, 0.717) is 0 Å². The second-order valence-corrected chi connectivity index (χ2v) is 8.09. The van der Waals surface area contributed by atoms with Crippen LogP contribution in [0.1, 0.15) is 20.8 Å². The molecule has 17 heavy (non-hydrogen) atoms. The molecule has 1 unspecified atom stereocenters. The zero-order chi connectivity index (χ0) is 14.1. The zero-order valence-electron chi connectivity index (χ0n) is 9.69. The second-order valence-electron chi connectivity index (χ2n) is 4.75. The molecule has 0 rings (SSSR count). The third-order valence-corrected chi connectivity index (χ3v) is 4.08. The van der Waals surface area contributed by atoms with Crippen LogP contribution in [0, 0.1) is 5.41 Å². The Kier molecular flexibility index (Phi) is 5.11. The quantitative estimate of drug-likeness (QED) is 0.452. The van der Waals surface area contributed by atoms with Gasteiger partial charge in [-0.15, -0.1) is 0 Å². The summed E-state index contributed by atoms with van der Waals surface area (Å²) in [5, 5.41) is 1.96. The Morgan fingerprint density at radius 1 is 1.18 bits per heavy atom. The van der Waals surface area contributed by atoms with Crippen LogP contribution in [0.5, 0.6) is 0 Å². The molecular weight excluding hydrogens is 272 g/mol. The summed E-state index contributed by atoms with van der Waals surface area (Å²) in [5.41, 5.74) is -0.941. The van der Waals surface area contributed by atoms with Gasteiger partial charge in [0.15, 0.2) is 0 Å². The lowest BCUT2D eigenvalue weighted by molar-refractivity contribution is -0.119. The summed E-state index contributed by atoms with van der Waals surface area (Å²) >= 11 is 0. The standard InChI is InChI=1S/C7H17NO7P2/c1-7(2,3)6(17(13,14)15)8-5(9)4-16(10,11)12/h6H,4H2,1-3H3,(H,8,9)(H2,10,11,12)(H2,13,14,15). The lowest BCUT2D eigenvalue weighted by Crippen LogP contribution is -2.44. The predicted octanol–water partition coefficient (Wildman–Crippen LogP) is -0.170. The molecule has 0 aliphatic heterocycles. The maximum Gasteiger partial charge on any atom is 0.348 e. The number of carbonyl (C=O) groups is 1. The SMILES string of the molecule is CC(C)(C)C(NC(=O)CP(=O)(O)O)P(=O)(O)O. The molecule has 8 nitrogen and oxygen atoms in total. The number of hydrogen-bond donors (Lipinski definition) is 5. The largest absolute Gasteiger partial charge is 0.348 e. The maximum atomic E-state index is 11.2. The van der Waals surface area contributed by atoms with Crippen molar-refractivity contribution in [3.8, 4) is 0 Å². The molecule has 10 heteroatoms. The van der Waals surface area contributed by atoms with Crippen molar-refractivity contribution in [1.29, 1.82) is 0 Å². The summed E-state index contributed by atoms with van der Waals surface area (Å²) in [7, 11) is -9.15. The summed E-state index contributed by atoms with van der Waals surface area (Å²) in [4.78, 5) is 46.5. The Labute approximate surface area is 98.7 Å². The van der Waals surface area contributed by atoms with Crippen molar-refractivity contribution in [2.45, 2.75) is 26.6 Å². The Bertz CT molecular complexity index is 376. The van der Waals surface area contributed by atoms with E-state index < -0.39 is 38.5 Å². The molecule has 0 aliphatic rings. The average molecular weight is 289 g/mol. The van der Waals surface area contributed by atoms with E-state index in [2.05, 4.69) is 0 Å². The van der Waals surface area contributed by atoms with Crippen molar-refractivity contribution in [2.75, 3.05) is 6.16 Å². The van der Waals surface area contributed by atoms with Gasteiger partial charge in [0, 0.05) is 0 Å². The molecule has 5 N–H and O–H groups in total. The Hall–Kier alpha value is -0.230. The summed E-state index contributed by atoms with van der Waals surface area (Å²) in [6.45, 7) is 4.48. The van der Waals surface area contributed by atoms with E-state index in [4.69, 9.17) is 19.6 Å². The summed E-state index contributed by atoms with van der Waals surface area (Å²) in [6.07, 6.45) is -1.10. The molecule has 0 aromatic carbocycles. The highest BCUT2D eigenvalue weighted by molar-refractivity contribution is 7.53. The van der Waals surface area contributed by atoms with Crippen molar-refractivity contribution >= 4 is 21.1 Å². The molecule has 0 aliphatic carbocycles. The lowest BCUT2D eigenvalue weighted by Gasteiger charge is -2.31. The summed E-state index contributed by atoms with van der Waals surface area (Å²) < 4.78 is 21.7. The molecule has 0 spiro atoms. The zero-order valence-corrected chi connectivity index (χ0v) is 11.5. The molecule has 0 radical (unpaired) electrons. The highest BCUT2D eigenvalue weighted by atomic mass is 31.2. The smallest absolute Gasteiger partial charge is 0.341 e. The van der Waals surface area contributed by atoms with Gasteiger partial charge in [-0.05, 0) is 5.41 Å². The van der Waals surface area contributed by atoms with E-state index in [0.717, 1.165) is 0 Å². The maximum absolute atomic E-state index is 11.2. The van der Waals surface area contributed by atoms with Crippen LogP contribution in [0.2, 0.25) is 0 Å². The van der Waals surface area contributed by atoms with Gasteiger partial charge in [0.2, 0.25) is 5.91 Å². The molecule has 1 atom stereocenters. The van der Waals surface area contributed by atoms with Crippen molar-refractivity contribution < 1.29 is 33.5 Å². The first-order valence-electron chi connectivity index (χ1n) is 4.62. The lowest BCUT2D eigenvalue weighted by atomic mass is 9.96. The first-order valence-corrected chi connectivity index (χ1v) is 8.10. The van der Waals surface area contributed by atoms with Gasteiger partial charge in [0.1, 0.15) is 11.9 Å². The first kappa shape index (κ1) is 16.8. The fourth-order valence-electron chi connectivity index (χ4n) is 1.19. The van der Waals surface area contributed by atoms with Crippen molar-refractivity contribution in [3.05, 3.63) is 0 Å². The molecule has 1 amide bonds. The predicted molar refractivity (Wildman–Crippen MR) is 60.3 cm³/mol. The normalized spacial score (nSPS) is 15.5. The number of amides is 1. The first-order chi connectivity index (χ1) is 7.23. The van der Waals surface area contributed by atoms with Crippen LogP contribution in [-0.2, 0) is 13.9 Å². The topological polar surface area (TPSA) is 144 Å².